The lowest BCUT2D eigenvalue weighted by Gasteiger charge is -2.43. The molecule has 1 spiro atoms. The quantitative estimate of drug-likeness (QED) is 0.491. The van der Waals surface area contributed by atoms with E-state index in [2.05, 4.69) is 17.6 Å². The molecule has 12 heteroatoms. The summed E-state index contributed by atoms with van der Waals surface area (Å²) < 4.78 is 36.9. The SMILES string of the molecule is C=C(F)C(=O)N1CCN(c2nc(OC[C@@H]3C[C@@H](O)CN3C)nc3c2CC[C@@]2(CCc4c(Cl)cccc42)[C@H]3F)C[C@@H]1CC#N. The number of aliphatic hydroxyl groups excluding tert-OH is 1. The van der Waals surface area contributed by atoms with Crippen LogP contribution >= 0.6 is 11.6 Å². The fraction of sp³-hybridized carbons (Fsp3) is 0.548. The Morgan fingerprint density at radius 3 is 2.70 bits per heavy atom. The number of piperazine rings is 1. The van der Waals surface area contributed by atoms with Crippen molar-refractivity contribution in [1.82, 2.24) is 19.8 Å². The minimum atomic E-state index is -1.43. The number of amides is 1. The van der Waals surface area contributed by atoms with Crippen LogP contribution in [-0.2, 0) is 23.1 Å². The normalized spacial score (nSPS) is 28.5. The third kappa shape index (κ3) is 5.23. The maximum absolute atomic E-state index is 17.0. The number of β-amino-alcohol motifs (C(OH)–C–C–N with tert-alkyl or cyclic N) is 1. The van der Waals surface area contributed by atoms with Crippen molar-refractivity contribution in [3.05, 3.63) is 58.0 Å². The van der Waals surface area contributed by atoms with Crippen molar-refractivity contribution in [1.29, 1.82) is 5.26 Å². The Morgan fingerprint density at radius 2 is 2.00 bits per heavy atom. The van der Waals surface area contributed by atoms with E-state index < -0.39 is 35.5 Å². The number of likely N-dealkylation sites (N-methyl/N-ethyl adjacent to an activating group) is 1. The molecule has 2 fully saturated rings. The third-order valence-electron chi connectivity index (χ3n) is 9.69. The topological polar surface area (TPSA) is 106 Å². The molecule has 0 saturated carbocycles. The summed E-state index contributed by atoms with van der Waals surface area (Å²) >= 11 is 6.51. The number of hydrogen-bond donors (Lipinski definition) is 1. The summed E-state index contributed by atoms with van der Waals surface area (Å²) in [6.45, 7) is 4.58. The van der Waals surface area contributed by atoms with E-state index in [1.807, 2.05) is 35.0 Å². The van der Waals surface area contributed by atoms with Crippen LogP contribution in [0.4, 0.5) is 14.6 Å². The Hall–Kier alpha value is -3.33. The van der Waals surface area contributed by atoms with Gasteiger partial charge in [-0.3, -0.25) is 9.69 Å². The van der Waals surface area contributed by atoms with Gasteiger partial charge in [0.05, 0.1) is 30.3 Å². The van der Waals surface area contributed by atoms with Crippen molar-refractivity contribution in [3.8, 4) is 12.1 Å². The van der Waals surface area contributed by atoms with E-state index in [-0.39, 0.29) is 43.9 Å². The molecule has 6 rings (SSSR count). The van der Waals surface area contributed by atoms with Gasteiger partial charge in [0.1, 0.15) is 12.4 Å². The minimum absolute atomic E-state index is 0.00508. The van der Waals surface area contributed by atoms with E-state index in [0.717, 1.165) is 11.1 Å². The smallest absolute Gasteiger partial charge is 0.318 e. The van der Waals surface area contributed by atoms with E-state index in [1.54, 1.807) is 0 Å². The fourth-order valence-corrected chi connectivity index (χ4v) is 7.70. The maximum atomic E-state index is 17.0. The molecule has 228 valence electrons. The lowest BCUT2D eigenvalue weighted by molar-refractivity contribution is -0.131. The summed E-state index contributed by atoms with van der Waals surface area (Å²) in [6.07, 6.45) is 1.05. The molecule has 0 radical (unpaired) electrons. The molecule has 1 aromatic carbocycles. The first kappa shape index (κ1) is 29.7. The number of alkyl halides is 1. The molecule has 2 saturated heterocycles. The molecule has 1 N–H and O–H groups in total. The molecule has 4 aliphatic rings. The lowest BCUT2D eigenvalue weighted by atomic mass is 9.68. The summed E-state index contributed by atoms with van der Waals surface area (Å²) in [5, 5.41) is 20.2. The monoisotopic (exact) mass is 612 g/mol. The fourth-order valence-electron chi connectivity index (χ4n) is 7.43. The number of aliphatic hydroxyl groups is 1. The highest BCUT2D eigenvalue weighted by Crippen LogP contribution is 2.56. The third-order valence-corrected chi connectivity index (χ3v) is 10.0. The number of nitrogens with zero attached hydrogens (tertiary/aromatic N) is 6. The van der Waals surface area contributed by atoms with Crippen LogP contribution < -0.4 is 9.64 Å². The highest BCUT2D eigenvalue weighted by molar-refractivity contribution is 6.31. The first-order valence-corrected chi connectivity index (χ1v) is 15.1. The summed E-state index contributed by atoms with van der Waals surface area (Å²) in [6, 6.07) is 7.17. The first-order valence-electron chi connectivity index (χ1n) is 14.7. The predicted molar refractivity (Wildman–Crippen MR) is 156 cm³/mol. The van der Waals surface area contributed by atoms with Gasteiger partial charge in [0, 0.05) is 48.2 Å². The summed E-state index contributed by atoms with van der Waals surface area (Å²) in [4.78, 5) is 27.2. The summed E-state index contributed by atoms with van der Waals surface area (Å²) in [7, 11) is 1.91. The number of ether oxygens (including phenoxy) is 1. The molecule has 2 aromatic rings. The molecular weight excluding hydrogens is 578 g/mol. The van der Waals surface area contributed by atoms with Gasteiger partial charge in [-0.25, -0.2) is 8.78 Å². The molecule has 0 bridgehead atoms. The van der Waals surface area contributed by atoms with Crippen molar-refractivity contribution >= 4 is 23.3 Å². The average molecular weight is 613 g/mol. The van der Waals surface area contributed by atoms with E-state index in [0.29, 0.717) is 61.6 Å². The van der Waals surface area contributed by atoms with Gasteiger partial charge in [-0.2, -0.15) is 15.2 Å². The second-order valence-corrected chi connectivity index (χ2v) is 12.5. The first-order chi connectivity index (χ1) is 20.6. The number of nitriles is 1. The van der Waals surface area contributed by atoms with Gasteiger partial charge in [0.15, 0.2) is 12.0 Å². The number of carbonyl (C=O) groups excluding carboxylic acids is 1. The second kappa shape index (κ2) is 11.6. The number of fused-ring (bicyclic) bond motifs is 3. The summed E-state index contributed by atoms with van der Waals surface area (Å²) in [5.74, 6) is -1.40. The van der Waals surface area contributed by atoms with Crippen molar-refractivity contribution in [2.45, 2.75) is 68.3 Å². The van der Waals surface area contributed by atoms with Crippen molar-refractivity contribution in [2.75, 3.05) is 44.7 Å². The Kier molecular flexibility index (Phi) is 8.05. The Balaban J connectivity index is 1.37. The zero-order valence-electron chi connectivity index (χ0n) is 24.1. The molecule has 2 aliphatic heterocycles. The van der Waals surface area contributed by atoms with Crippen LogP contribution in [0.25, 0.3) is 0 Å². The van der Waals surface area contributed by atoms with Gasteiger partial charge in [0.2, 0.25) is 0 Å². The number of benzene rings is 1. The van der Waals surface area contributed by atoms with Gasteiger partial charge in [-0.1, -0.05) is 30.3 Å². The van der Waals surface area contributed by atoms with E-state index in [4.69, 9.17) is 21.3 Å². The van der Waals surface area contributed by atoms with E-state index in [9.17, 15) is 19.6 Å². The molecule has 0 unspecified atom stereocenters. The van der Waals surface area contributed by atoms with E-state index >= 15 is 4.39 Å². The standard InChI is InChI=1S/C31H35ClF2N6O3/c1-18(33)29(42)40-13-12-39(15-19(40)8-11-35)28-23-7-10-31(9-6-22-24(31)4-3-5-25(22)32)27(34)26(23)36-30(37-28)43-17-20-14-21(41)16-38(20)2/h3-5,19-21,27,41H,1,6-10,12-17H2,2H3/t19-,20-,21+,27-,31+/m0/s1. The Morgan fingerprint density at radius 1 is 1.23 bits per heavy atom. The Bertz CT molecular complexity index is 1490. The maximum Gasteiger partial charge on any atom is 0.318 e. The van der Waals surface area contributed by atoms with Crippen molar-refractivity contribution in [2.24, 2.45) is 0 Å². The van der Waals surface area contributed by atoms with Gasteiger partial charge in [-0.05, 0) is 56.3 Å². The molecule has 5 atom stereocenters. The molecular formula is C31H35ClF2N6O3. The second-order valence-electron chi connectivity index (χ2n) is 12.1. The highest BCUT2D eigenvalue weighted by atomic mass is 35.5. The van der Waals surface area contributed by atoms with Crippen LogP contribution in [0.1, 0.15) is 54.2 Å². The number of hydrogen-bond acceptors (Lipinski definition) is 8. The molecule has 1 aromatic heterocycles. The summed E-state index contributed by atoms with van der Waals surface area (Å²) in [5.41, 5.74) is 2.11. The number of anilines is 1. The van der Waals surface area contributed by atoms with Gasteiger partial charge < -0.3 is 19.6 Å². The van der Waals surface area contributed by atoms with Gasteiger partial charge >= 0.3 is 6.01 Å². The van der Waals surface area contributed by atoms with Crippen LogP contribution in [-0.4, -0.2) is 88.8 Å². The molecule has 2 aliphatic carbocycles. The van der Waals surface area contributed by atoms with Crippen LogP contribution in [0, 0.1) is 11.3 Å². The number of aromatic nitrogens is 2. The van der Waals surface area contributed by atoms with Crippen LogP contribution in [0.3, 0.4) is 0 Å². The average Bonchev–Trinajstić information content (AvgIpc) is 3.53. The van der Waals surface area contributed by atoms with Crippen molar-refractivity contribution < 1.29 is 23.4 Å². The Labute approximate surface area is 254 Å². The van der Waals surface area contributed by atoms with Crippen molar-refractivity contribution in [3.63, 3.8) is 0 Å². The zero-order chi connectivity index (χ0) is 30.5. The van der Waals surface area contributed by atoms with Crippen LogP contribution in [0.2, 0.25) is 5.02 Å². The number of halogens is 3. The highest BCUT2D eigenvalue weighted by Gasteiger charge is 2.51. The molecule has 1 amide bonds. The molecule has 9 nitrogen and oxygen atoms in total. The van der Waals surface area contributed by atoms with Gasteiger partial charge in [0.25, 0.3) is 5.91 Å². The van der Waals surface area contributed by atoms with Crippen LogP contribution in [0.15, 0.2) is 30.6 Å². The zero-order valence-corrected chi connectivity index (χ0v) is 24.9. The number of likely N-dealkylation sites (tertiary alicyclic amines) is 1. The lowest BCUT2D eigenvalue weighted by Crippen LogP contribution is -2.55. The minimum Gasteiger partial charge on any atom is -0.462 e. The van der Waals surface area contributed by atoms with E-state index in [1.165, 1.54) is 4.90 Å². The van der Waals surface area contributed by atoms with Crippen LogP contribution in [0.5, 0.6) is 6.01 Å². The number of carbonyl (C=O) groups is 1. The molecule has 3 heterocycles. The predicted octanol–water partition coefficient (Wildman–Crippen LogP) is 3.83. The van der Waals surface area contributed by atoms with Gasteiger partial charge in [-0.15, -0.1) is 0 Å². The number of rotatable bonds is 6. The largest absolute Gasteiger partial charge is 0.462 e. The molecule has 43 heavy (non-hydrogen) atoms.